The lowest BCUT2D eigenvalue weighted by atomic mass is 10.1. The number of nitrogens with one attached hydrogen (secondary N) is 2. The first-order chi connectivity index (χ1) is 14.1. The molecule has 1 saturated carbocycles. The van der Waals surface area contributed by atoms with Gasteiger partial charge in [-0.3, -0.25) is 0 Å². The van der Waals surface area contributed by atoms with E-state index in [1.807, 2.05) is 24.6 Å². The maximum absolute atomic E-state index is 6.30. The number of aromatic nitrogens is 3. The first kappa shape index (κ1) is 24.2. The van der Waals surface area contributed by atoms with Crippen molar-refractivity contribution in [2.75, 3.05) is 6.54 Å². The Kier molecular flexibility index (Phi) is 9.61. The fourth-order valence-electron chi connectivity index (χ4n) is 3.36. The van der Waals surface area contributed by atoms with Crippen LogP contribution in [0.3, 0.4) is 0 Å². The van der Waals surface area contributed by atoms with E-state index in [9.17, 15) is 0 Å². The van der Waals surface area contributed by atoms with E-state index in [-0.39, 0.29) is 24.0 Å². The Morgan fingerprint density at radius 1 is 1.27 bits per heavy atom. The molecule has 3 rings (SSSR count). The average molecular weight is 524 g/mol. The summed E-state index contributed by atoms with van der Waals surface area (Å²) in [5, 5.41) is 14.9. The summed E-state index contributed by atoms with van der Waals surface area (Å²) in [5.74, 6) is 3.40. The Labute approximate surface area is 196 Å². The van der Waals surface area contributed by atoms with Crippen molar-refractivity contribution in [3.05, 3.63) is 53.6 Å². The van der Waals surface area contributed by atoms with Crippen LogP contribution in [0.15, 0.2) is 35.8 Å². The summed E-state index contributed by atoms with van der Waals surface area (Å²) in [6.45, 7) is 9.51. The standard InChI is InChI=1S/C22H32N6O.HI/c1-5-12-23-22(25-15-21-27-26-17(3)28(21)4)24-14-18-11-10-16(2)13-20(18)29-19-8-6-7-9-19;/h5,10-11,13,19H,1,6-9,12,14-15H2,2-4H3,(H2,23,24,25);1H. The summed E-state index contributed by atoms with van der Waals surface area (Å²) in [5.41, 5.74) is 2.29. The quantitative estimate of drug-likeness (QED) is 0.238. The van der Waals surface area contributed by atoms with Crippen LogP contribution in [0.4, 0.5) is 0 Å². The first-order valence-corrected chi connectivity index (χ1v) is 10.3. The van der Waals surface area contributed by atoms with E-state index in [1.54, 1.807) is 0 Å². The van der Waals surface area contributed by atoms with Crippen molar-refractivity contribution in [2.24, 2.45) is 12.0 Å². The van der Waals surface area contributed by atoms with Crippen LogP contribution < -0.4 is 15.4 Å². The van der Waals surface area contributed by atoms with Gasteiger partial charge in [0.05, 0.1) is 19.2 Å². The molecule has 1 aliphatic carbocycles. The van der Waals surface area contributed by atoms with Crippen LogP contribution in [0, 0.1) is 13.8 Å². The number of rotatable bonds is 8. The zero-order valence-corrected chi connectivity index (χ0v) is 20.5. The van der Waals surface area contributed by atoms with Gasteiger partial charge >= 0.3 is 0 Å². The zero-order valence-electron chi connectivity index (χ0n) is 18.1. The predicted molar refractivity (Wildman–Crippen MR) is 131 cm³/mol. The highest BCUT2D eigenvalue weighted by Crippen LogP contribution is 2.28. The Bertz CT molecular complexity index is 857. The SMILES string of the molecule is C=CCNC(=NCc1ccc(C)cc1OC1CCCC1)NCc1nnc(C)n1C.I. The predicted octanol–water partition coefficient (Wildman–Crippen LogP) is 3.79. The second-order valence-electron chi connectivity index (χ2n) is 7.55. The van der Waals surface area contributed by atoms with Gasteiger partial charge in [0.1, 0.15) is 11.6 Å². The van der Waals surface area contributed by atoms with Crippen LogP contribution in [0.25, 0.3) is 0 Å². The van der Waals surface area contributed by atoms with Gasteiger partial charge in [0.2, 0.25) is 0 Å². The van der Waals surface area contributed by atoms with E-state index < -0.39 is 0 Å². The number of hydrogen-bond donors (Lipinski definition) is 2. The third-order valence-electron chi connectivity index (χ3n) is 5.24. The van der Waals surface area contributed by atoms with E-state index in [1.165, 1.54) is 18.4 Å². The average Bonchev–Trinajstić information content (AvgIpc) is 3.33. The van der Waals surface area contributed by atoms with E-state index in [0.29, 0.717) is 31.7 Å². The van der Waals surface area contributed by atoms with Gasteiger partial charge < -0.3 is 19.9 Å². The molecule has 0 spiro atoms. The zero-order chi connectivity index (χ0) is 20.6. The Morgan fingerprint density at radius 2 is 2.03 bits per heavy atom. The number of halogens is 1. The smallest absolute Gasteiger partial charge is 0.192 e. The summed E-state index contributed by atoms with van der Waals surface area (Å²) in [7, 11) is 1.96. The summed E-state index contributed by atoms with van der Waals surface area (Å²) < 4.78 is 8.26. The van der Waals surface area contributed by atoms with Crippen molar-refractivity contribution in [3.8, 4) is 5.75 Å². The molecule has 2 aromatic rings. The molecule has 1 fully saturated rings. The fourth-order valence-corrected chi connectivity index (χ4v) is 3.36. The Hall–Kier alpha value is -2.10. The number of aryl methyl sites for hydroxylation is 2. The number of guanidine groups is 1. The van der Waals surface area contributed by atoms with E-state index in [2.05, 4.69) is 52.5 Å². The molecule has 1 heterocycles. The number of ether oxygens (including phenoxy) is 1. The minimum absolute atomic E-state index is 0. The van der Waals surface area contributed by atoms with E-state index in [0.717, 1.165) is 35.8 Å². The monoisotopic (exact) mass is 524 g/mol. The third-order valence-corrected chi connectivity index (χ3v) is 5.24. The van der Waals surface area contributed by atoms with Gasteiger partial charge in [-0.15, -0.1) is 40.8 Å². The molecule has 1 aromatic heterocycles. The molecule has 2 N–H and O–H groups in total. The molecule has 0 atom stereocenters. The van der Waals surface area contributed by atoms with Gasteiger partial charge in [-0.2, -0.15) is 0 Å². The van der Waals surface area contributed by atoms with Gasteiger partial charge in [0.15, 0.2) is 11.8 Å². The second kappa shape index (κ2) is 11.9. The van der Waals surface area contributed by atoms with E-state index in [4.69, 9.17) is 9.73 Å². The maximum atomic E-state index is 6.30. The molecular formula is C22H33IN6O. The topological polar surface area (TPSA) is 76.4 Å². The molecule has 1 aromatic carbocycles. The number of hydrogen-bond acceptors (Lipinski definition) is 4. The Morgan fingerprint density at radius 3 is 2.70 bits per heavy atom. The molecular weight excluding hydrogens is 491 g/mol. The highest BCUT2D eigenvalue weighted by atomic mass is 127. The van der Waals surface area contributed by atoms with Crippen LogP contribution in [0.1, 0.15) is 48.5 Å². The van der Waals surface area contributed by atoms with Crippen molar-refractivity contribution in [1.82, 2.24) is 25.4 Å². The van der Waals surface area contributed by atoms with Crippen molar-refractivity contribution in [3.63, 3.8) is 0 Å². The van der Waals surface area contributed by atoms with Crippen LogP contribution in [0.5, 0.6) is 5.75 Å². The van der Waals surface area contributed by atoms with Crippen LogP contribution >= 0.6 is 24.0 Å². The van der Waals surface area contributed by atoms with Crippen molar-refractivity contribution >= 4 is 29.9 Å². The lowest BCUT2D eigenvalue weighted by Gasteiger charge is -2.17. The summed E-state index contributed by atoms with van der Waals surface area (Å²) >= 11 is 0. The van der Waals surface area contributed by atoms with Gasteiger partial charge in [-0.1, -0.05) is 18.2 Å². The molecule has 30 heavy (non-hydrogen) atoms. The number of nitrogens with zero attached hydrogens (tertiary/aromatic N) is 4. The maximum Gasteiger partial charge on any atom is 0.192 e. The largest absolute Gasteiger partial charge is 0.490 e. The fraction of sp³-hybridized carbons (Fsp3) is 0.500. The number of benzene rings is 1. The molecule has 1 aliphatic rings. The van der Waals surface area contributed by atoms with Crippen molar-refractivity contribution in [2.45, 2.75) is 58.7 Å². The van der Waals surface area contributed by atoms with Gasteiger partial charge in [0, 0.05) is 19.2 Å². The Balaban J connectivity index is 0.00000320. The van der Waals surface area contributed by atoms with Crippen LogP contribution in [0.2, 0.25) is 0 Å². The third kappa shape index (κ3) is 6.72. The van der Waals surface area contributed by atoms with Gasteiger partial charge in [-0.05, 0) is 51.2 Å². The van der Waals surface area contributed by atoms with E-state index >= 15 is 0 Å². The van der Waals surface area contributed by atoms with Crippen molar-refractivity contribution in [1.29, 1.82) is 0 Å². The molecule has 0 saturated heterocycles. The van der Waals surface area contributed by atoms with Crippen LogP contribution in [-0.4, -0.2) is 33.4 Å². The molecule has 0 aliphatic heterocycles. The molecule has 0 bridgehead atoms. The molecule has 7 nitrogen and oxygen atoms in total. The molecule has 164 valence electrons. The minimum Gasteiger partial charge on any atom is -0.490 e. The summed E-state index contributed by atoms with van der Waals surface area (Å²) in [6.07, 6.45) is 6.93. The summed E-state index contributed by atoms with van der Waals surface area (Å²) in [4.78, 5) is 4.76. The van der Waals surface area contributed by atoms with Gasteiger partial charge in [0.25, 0.3) is 0 Å². The van der Waals surface area contributed by atoms with Crippen LogP contribution in [-0.2, 0) is 20.1 Å². The molecule has 8 heteroatoms. The lowest BCUT2D eigenvalue weighted by Crippen LogP contribution is -2.37. The lowest BCUT2D eigenvalue weighted by molar-refractivity contribution is 0.208. The normalized spacial score (nSPS) is 14.3. The summed E-state index contributed by atoms with van der Waals surface area (Å²) in [6, 6.07) is 6.34. The molecule has 0 unspecified atom stereocenters. The highest BCUT2D eigenvalue weighted by molar-refractivity contribution is 14.0. The van der Waals surface area contributed by atoms with Crippen molar-refractivity contribution < 1.29 is 4.74 Å². The highest BCUT2D eigenvalue weighted by Gasteiger charge is 2.18. The molecule has 0 amide bonds. The second-order valence-corrected chi connectivity index (χ2v) is 7.55. The first-order valence-electron chi connectivity index (χ1n) is 10.3. The minimum atomic E-state index is 0. The van der Waals surface area contributed by atoms with Gasteiger partial charge in [-0.25, -0.2) is 4.99 Å². The number of aliphatic imine (C=N–C) groups is 1. The molecule has 0 radical (unpaired) electrons.